The topological polar surface area (TPSA) is 92.2 Å². The van der Waals surface area contributed by atoms with E-state index in [0.717, 1.165) is 18.0 Å². The fraction of sp³-hybridized carbons (Fsp3) is 0.692. The Balaban J connectivity index is 2.16. The van der Waals surface area contributed by atoms with E-state index in [4.69, 9.17) is 5.11 Å². The average molecular weight is 297 g/mol. The predicted molar refractivity (Wildman–Crippen MR) is 74.9 cm³/mol. The number of carboxylic acids is 1. The van der Waals surface area contributed by atoms with Gasteiger partial charge in [-0.15, -0.1) is 5.10 Å². The van der Waals surface area contributed by atoms with Gasteiger partial charge in [0.05, 0.1) is 17.7 Å². The van der Waals surface area contributed by atoms with E-state index in [-0.39, 0.29) is 17.7 Å². The molecule has 7 heteroatoms. The van der Waals surface area contributed by atoms with Crippen molar-refractivity contribution in [2.24, 2.45) is 0 Å². The summed E-state index contributed by atoms with van der Waals surface area (Å²) in [4.78, 5) is 23.8. The normalized spacial score (nSPS) is 17.4. The van der Waals surface area contributed by atoms with Crippen LogP contribution in [0.1, 0.15) is 61.8 Å². The van der Waals surface area contributed by atoms with Crippen LogP contribution in [0, 0.1) is 0 Å². The van der Waals surface area contributed by atoms with Crippen LogP contribution in [0.4, 0.5) is 0 Å². The van der Waals surface area contributed by atoms with Crippen molar-refractivity contribution in [3.63, 3.8) is 0 Å². The number of carbonyl (C=O) groups is 2. The highest BCUT2D eigenvalue weighted by Gasteiger charge is 2.41. The van der Waals surface area contributed by atoms with Gasteiger partial charge in [0.25, 0.3) is 5.91 Å². The van der Waals surface area contributed by atoms with E-state index in [0.29, 0.717) is 23.4 Å². The molecule has 1 amide bonds. The molecule has 0 aromatic carbocycles. The van der Waals surface area contributed by atoms with E-state index in [1.165, 1.54) is 0 Å². The lowest BCUT2D eigenvalue weighted by molar-refractivity contribution is -0.139. The Hall–Kier alpha value is -1.50. The molecule has 110 valence electrons. The monoisotopic (exact) mass is 297 g/mol. The first kappa shape index (κ1) is 14.9. The minimum absolute atomic E-state index is 0.0319. The molecular weight excluding hydrogens is 278 g/mol. The second-order valence-corrected chi connectivity index (χ2v) is 7.11. The number of nitrogens with one attached hydrogen (secondary N) is 1. The molecule has 1 aliphatic rings. The number of hydrogen-bond donors (Lipinski definition) is 2. The van der Waals surface area contributed by atoms with Gasteiger partial charge in [0.1, 0.15) is 4.88 Å². The van der Waals surface area contributed by atoms with Gasteiger partial charge < -0.3 is 10.4 Å². The van der Waals surface area contributed by atoms with E-state index < -0.39 is 11.5 Å². The molecule has 0 aliphatic heterocycles. The van der Waals surface area contributed by atoms with Gasteiger partial charge in [-0.3, -0.25) is 9.59 Å². The number of aromatic nitrogens is 2. The first-order valence-corrected chi connectivity index (χ1v) is 7.38. The molecule has 1 aromatic heterocycles. The molecule has 1 aromatic rings. The molecule has 0 saturated heterocycles. The quantitative estimate of drug-likeness (QED) is 0.886. The molecular formula is C13H19N3O3S. The fourth-order valence-corrected chi connectivity index (χ4v) is 3.14. The standard InChI is InChI=1S/C13H19N3O3S/c1-12(2,3)10-9(20-16-15-10)11(19)14-13(5-4-6-13)7-8(17)18/h4-7H2,1-3H3,(H,14,19)(H,17,18). The van der Waals surface area contributed by atoms with Crippen LogP contribution in [-0.2, 0) is 10.2 Å². The molecule has 2 rings (SSSR count). The van der Waals surface area contributed by atoms with Crippen LogP contribution in [0.25, 0.3) is 0 Å². The van der Waals surface area contributed by atoms with Crippen molar-refractivity contribution in [3.05, 3.63) is 10.6 Å². The molecule has 0 atom stereocenters. The van der Waals surface area contributed by atoms with Crippen LogP contribution in [0.2, 0.25) is 0 Å². The highest BCUT2D eigenvalue weighted by atomic mass is 32.1. The molecule has 1 heterocycles. The first-order chi connectivity index (χ1) is 9.23. The van der Waals surface area contributed by atoms with E-state index >= 15 is 0 Å². The molecule has 0 spiro atoms. The Labute approximate surface area is 121 Å². The van der Waals surface area contributed by atoms with Crippen molar-refractivity contribution in [3.8, 4) is 0 Å². The predicted octanol–water partition coefficient (Wildman–Crippen LogP) is 1.96. The smallest absolute Gasteiger partial charge is 0.305 e. The lowest BCUT2D eigenvalue weighted by Crippen LogP contribution is -2.54. The minimum Gasteiger partial charge on any atom is -0.481 e. The van der Waals surface area contributed by atoms with Crippen molar-refractivity contribution < 1.29 is 14.7 Å². The Morgan fingerprint density at radius 3 is 2.50 bits per heavy atom. The molecule has 20 heavy (non-hydrogen) atoms. The summed E-state index contributed by atoms with van der Waals surface area (Å²) in [5.74, 6) is -1.14. The number of nitrogens with zero attached hydrogens (tertiary/aromatic N) is 2. The van der Waals surface area contributed by atoms with Crippen LogP contribution in [-0.4, -0.2) is 32.1 Å². The second-order valence-electron chi connectivity index (χ2n) is 6.36. The Bertz CT molecular complexity index is 529. The van der Waals surface area contributed by atoms with Crippen LogP contribution >= 0.6 is 11.5 Å². The highest BCUT2D eigenvalue weighted by Crippen LogP contribution is 2.36. The second kappa shape index (κ2) is 5.12. The van der Waals surface area contributed by atoms with Crippen molar-refractivity contribution >= 4 is 23.4 Å². The van der Waals surface area contributed by atoms with Gasteiger partial charge >= 0.3 is 5.97 Å². The molecule has 0 unspecified atom stereocenters. The third-order valence-electron chi connectivity index (χ3n) is 3.58. The first-order valence-electron chi connectivity index (χ1n) is 6.61. The van der Waals surface area contributed by atoms with Gasteiger partial charge in [-0.1, -0.05) is 25.3 Å². The average Bonchev–Trinajstić information content (AvgIpc) is 2.73. The van der Waals surface area contributed by atoms with Crippen LogP contribution in [0.5, 0.6) is 0 Å². The van der Waals surface area contributed by atoms with Gasteiger partial charge in [0, 0.05) is 5.41 Å². The van der Waals surface area contributed by atoms with Crippen LogP contribution in [0.3, 0.4) is 0 Å². The summed E-state index contributed by atoms with van der Waals surface area (Å²) in [6, 6.07) is 0. The van der Waals surface area contributed by atoms with Crippen molar-refractivity contribution in [2.45, 2.75) is 57.4 Å². The SMILES string of the molecule is CC(C)(C)c1nnsc1C(=O)NC1(CC(=O)O)CCC1. The van der Waals surface area contributed by atoms with E-state index in [9.17, 15) is 9.59 Å². The van der Waals surface area contributed by atoms with Crippen molar-refractivity contribution in [2.75, 3.05) is 0 Å². The van der Waals surface area contributed by atoms with Crippen molar-refractivity contribution in [1.29, 1.82) is 0 Å². The summed E-state index contributed by atoms with van der Waals surface area (Å²) >= 11 is 1.06. The van der Waals surface area contributed by atoms with Crippen LogP contribution < -0.4 is 5.32 Å². The Kier molecular flexibility index (Phi) is 3.82. The molecule has 2 N–H and O–H groups in total. The number of carbonyl (C=O) groups excluding carboxylic acids is 1. The van der Waals surface area contributed by atoms with Crippen molar-refractivity contribution in [1.82, 2.24) is 14.9 Å². The summed E-state index contributed by atoms with van der Waals surface area (Å²) in [5.41, 5.74) is -0.203. The molecule has 1 saturated carbocycles. The number of carboxylic acid groups (broad SMARTS) is 1. The van der Waals surface area contributed by atoms with E-state index in [2.05, 4.69) is 14.9 Å². The maximum absolute atomic E-state index is 12.4. The lowest BCUT2D eigenvalue weighted by atomic mass is 9.74. The molecule has 1 fully saturated rings. The maximum Gasteiger partial charge on any atom is 0.305 e. The van der Waals surface area contributed by atoms with Crippen LogP contribution in [0.15, 0.2) is 0 Å². The fourth-order valence-electron chi connectivity index (χ4n) is 2.37. The number of amides is 1. The summed E-state index contributed by atoms with van der Waals surface area (Å²) in [5, 5.41) is 15.9. The summed E-state index contributed by atoms with van der Waals surface area (Å²) in [7, 11) is 0. The molecule has 0 bridgehead atoms. The number of rotatable bonds is 4. The zero-order valence-electron chi connectivity index (χ0n) is 11.9. The minimum atomic E-state index is -0.886. The van der Waals surface area contributed by atoms with E-state index in [1.807, 2.05) is 20.8 Å². The summed E-state index contributed by atoms with van der Waals surface area (Å²) in [6.45, 7) is 5.91. The van der Waals surface area contributed by atoms with E-state index in [1.54, 1.807) is 0 Å². The third kappa shape index (κ3) is 2.98. The summed E-state index contributed by atoms with van der Waals surface area (Å²) in [6.07, 6.45) is 2.33. The zero-order valence-corrected chi connectivity index (χ0v) is 12.7. The zero-order chi connectivity index (χ0) is 15.0. The molecule has 1 aliphatic carbocycles. The lowest BCUT2D eigenvalue weighted by Gasteiger charge is -2.41. The third-order valence-corrected chi connectivity index (χ3v) is 4.31. The molecule has 0 radical (unpaired) electrons. The van der Waals surface area contributed by atoms with Gasteiger partial charge in [0.2, 0.25) is 0 Å². The van der Waals surface area contributed by atoms with Gasteiger partial charge in [0.15, 0.2) is 0 Å². The highest BCUT2D eigenvalue weighted by molar-refractivity contribution is 7.08. The van der Waals surface area contributed by atoms with Gasteiger partial charge in [-0.05, 0) is 30.8 Å². The largest absolute Gasteiger partial charge is 0.481 e. The number of aliphatic carboxylic acids is 1. The summed E-state index contributed by atoms with van der Waals surface area (Å²) < 4.78 is 3.86. The Morgan fingerprint density at radius 2 is 2.05 bits per heavy atom. The molecule has 6 nitrogen and oxygen atoms in total. The Morgan fingerprint density at radius 1 is 1.40 bits per heavy atom. The maximum atomic E-state index is 12.4. The van der Waals surface area contributed by atoms with Gasteiger partial charge in [-0.25, -0.2) is 0 Å². The van der Waals surface area contributed by atoms with Gasteiger partial charge in [-0.2, -0.15) is 0 Å². The number of hydrogen-bond acceptors (Lipinski definition) is 5.